The Morgan fingerprint density at radius 1 is 1.14 bits per heavy atom. The first-order valence-electron chi connectivity index (χ1n) is 9.10. The third-order valence-corrected chi connectivity index (χ3v) is 4.47. The standard InChI is InChI=1S/C20H20F3N3O3/c1-13(27)24-18-7-3-6-17(25-18)19(28)26-10-8-15(9-11-26)29-16-5-2-4-14(12-16)20(21,22)23/h2-7,12,15H,8-11H2,1H3,(H,24,25,27). The fourth-order valence-corrected chi connectivity index (χ4v) is 3.08. The molecule has 1 aliphatic heterocycles. The van der Waals surface area contributed by atoms with Crippen LogP contribution in [0.4, 0.5) is 19.0 Å². The molecule has 3 rings (SSSR count). The topological polar surface area (TPSA) is 71.5 Å². The number of piperidine rings is 1. The van der Waals surface area contributed by atoms with Crippen LogP contribution in [0.5, 0.6) is 5.75 Å². The van der Waals surface area contributed by atoms with Gasteiger partial charge in [-0.25, -0.2) is 4.98 Å². The maximum atomic E-state index is 12.8. The Morgan fingerprint density at radius 2 is 1.83 bits per heavy atom. The fourth-order valence-electron chi connectivity index (χ4n) is 3.08. The van der Waals surface area contributed by atoms with Gasteiger partial charge in [0.2, 0.25) is 5.91 Å². The number of alkyl halides is 3. The van der Waals surface area contributed by atoms with E-state index in [0.717, 1.165) is 12.1 Å². The molecular weight excluding hydrogens is 387 g/mol. The van der Waals surface area contributed by atoms with Gasteiger partial charge in [-0.1, -0.05) is 12.1 Å². The zero-order valence-corrected chi connectivity index (χ0v) is 15.7. The lowest BCUT2D eigenvalue weighted by Gasteiger charge is -2.32. The summed E-state index contributed by atoms with van der Waals surface area (Å²) in [6.07, 6.45) is -3.71. The summed E-state index contributed by atoms with van der Waals surface area (Å²) in [5, 5.41) is 2.53. The molecule has 1 aromatic carbocycles. The van der Waals surface area contributed by atoms with E-state index in [2.05, 4.69) is 10.3 Å². The number of hydrogen-bond acceptors (Lipinski definition) is 4. The van der Waals surface area contributed by atoms with Gasteiger partial charge in [0.15, 0.2) is 0 Å². The Bertz CT molecular complexity index is 894. The average molecular weight is 407 g/mol. The van der Waals surface area contributed by atoms with Crippen LogP contribution in [0.3, 0.4) is 0 Å². The van der Waals surface area contributed by atoms with Crippen LogP contribution in [0.25, 0.3) is 0 Å². The van der Waals surface area contributed by atoms with E-state index in [0.29, 0.717) is 31.7 Å². The number of carbonyl (C=O) groups excluding carboxylic acids is 2. The van der Waals surface area contributed by atoms with E-state index < -0.39 is 11.7 Å². The number of nitrogens with zero attached hydrogens (tertiary/aromatic N) is 2. The molecule has 0 aliphatic carbocycles. The van der Waals surface area contributed by atoms with Crippen LogP contribution >= 0.6 is 0 Å². The molecule has 1 N–H and O–H groups in total. The number of pyridine rings is 1. The van der Waals surface area contributed by atoms with Gasteiger partial charge in [0, 0.05) is 32.9 Å². The number of carbonyl (C=O) groups is 2. The molecule has 0 bridgehead atoms. The van der Waals surface area contributed by atoms with Gasteiger partial charge >= 0.3 is 6.18 Å². The maximum absolute atomic E-state index is 12.8. The highest BCUT2D eigenvalue weighted by Crippen LogP contribution is 2.32. The zero-order valence-electron chi connectivity index (χ0n) is 15.7. The van der Waals surface area contributed by atoms with Gasteiger partial charge in [0.1, 0.15) is 23.4 Å². The van der Waals surface area contributed by atoms with Crippen molar-refractivity contribution in [3.05, 3.63) is 53.7 Å². The molecule has 154 valence electrons. The molecule has 2 heterocycles. The van der Waals surface area contributed by atoms with Crippen molar-refractivity contribution >= 4 is 17.6 Å². The molecule has 29 heavy (non-hydrogen) atoms. The average Bonchev–Trinajstić information content (AvgIpc) is 2.67. The summed E-state index contributed by atoms with van der Waals surface area (Å²) in [5.41, 5.74) is -0.541. The number of anilines is 1. The molecule has 1 saturated heterocycles. The third kappa shape index (κ3) is 5.46. The Balaban J connectivity index is 1.58. The number of halogens is 3. The number of amides is 2. The minimum Gasteiger partial charge on any atom is -0.490 e. The predicted octanol–water partition coefficient (Wildman–Crippen LogP) is 3.74. The molecule has 1 fully saturated rings. The monoisotopic (exact) mass is 407 g/mol. The van der Waals surface area contributed by atoms with Crippen molar-refractivity contribution in [2.24, 2.45) is 0 Å². The Hall–Kier alpha value is -3.10. The smallest absolute Gasteiger partial charge is 0.416 e. The van der Waals surface area contributed by atoms with Crippen molar-refractivity contribution in [1.82, 2.24) is 9.88 Å². The molecule has 0 atom stereocenters. The first-order valence-corrected chi connectivity index (χ1v) is 9.10. The molecule has 0 unspecified atom stereocenters. The minimum atomic E-state index is -4.42. The lowest BCUT2D eigenvalue weighted by Crippen LogP contribution is -2.42. The lowest BCUT2D eigenvalue weighted by molar-refractivity contribution is -0.137. The fraction of sp³-hybridized carbons (Fsp3) is 0.350. The highest BCUT2D eigenvalue weighted by atomic mass is 19.4. The minimum absolute atomic E-state index is 0.161. The summed E-state index contributed by atoms with van der Waals surface area (Å²) < 4.78 is 44.1. The molecule has 1 aromatic heterocycles. The van der Waals surface area contributed by atoms with Crippen molar-refractivity contribution < 1.29 is 27.5 Å². The first-order chi connectivity index (χ1) is 13.7. The van der Waals surface area contributed by atoms with Gasteiger partial charge in [-0.3, -0.25) is 9.59 Å². The van der Waals surface area contributed by atoms with E-state index in [-0.39, 0.29) is 29.4 Å². The largest absolute Gasteiger partial charge is 0.490 e. The molecule has 6 nitrogen and oxygen atoms in total. The van der Waals surface area contributed by atoms with E-state index in [9.17, 15) is 22.8 Å². The Morgan fingerprint density at radius 3 is 2.48 bits per heavy atom. The van der Waals surface area contributed by atoms with Gasteiger partial charge in [0.25, 0.3) is 5.91 Å². The van der Waals surface area contributed by atoms with Crippen LogP contribution in [0.1, 0.15) is 35.8 Å². The van der Waals surface area contributed by atoms with E-state index in [1.54, 1.807) is 23.1 Å². The van der Waals surface area contributed by atoms with Gasteiger partial charge < -0.3 is 15.0 Å². The van der Waals surface area contributed by atoms with Crippen LogP contribution in [0, 0.1) is 0 Å². The second-order valence-corrected chi connectivity index (χ2v) is 6.72. The summed E-state index contributed by atoms with van der Waals surface area (Å²) >= 11 is 0. The second kappa shape index (κ2) is 8.50. The Labute approximate surface area is 165 Å². The quantitative estimate of drug-likeness (QED) is 0.838. The highest BCUT2D eigenvalue weighted by Gasteiger charge is 2.31. The lowest BCUT2D eigenvalue weighted by atomic mass is 10.1. The molecule has 2 aromatic rings. The van der Waals surface area contributed by atoms with Gasteiger partial charge in [-0.2, -0.15) is 13.2 Å². The SMILES string of the molecule is CC(=O)Nc1cccc(C(=O)N2CCC(Oc3cccc(C(F)(F)F)c3)CC2)n1. The normalized spacial score (nSPS) is 15.1. The molecule has 9 heteroatoms. The van der Waals surface area contributed by atoms with Crippen molar-refractivity contribution in [3.63, 3.8) is 0 Å². The molecular formula is C20H20F3N3O3. The maximum Gasteiger partial charge on any atom is 0.416 e. The second-order valence-electron chi connectivity index (χ2n) is 6.72. The van der Waals surface area contributed by atoms with E-state index in [1.165, 1.54) is 19.1 Å². The first kappa shape index (κ1) is 20.6. The molecule has 1 aliphatic rings. The molecule has 0 saturated carbocycles. The van der Waals surface area contributed by atoms with E-state index >= 15 is 0 Å². The van der Waals surface area contributed by atoms with Crippen LogP contribution in [-0.2, 0) is 11.0 Å². The number of hydrogen-bond donors (Lipinski definition) is 1. The number of likely N-dealkylation sites (tertiary alicyclic amines) is 1. The number of ether oxygens (including phenoxy) is 1. The molecule has 0 radical (unpaired) electrons. The van der Waals surface area contributed by atoms with Crippen LogP contribution in [0.2, 0.25) is 0 Å². The van der Waals surface area contributed by atoms with Gasteiger partial charge in [-0.05, 0) is 30.3 Å². The van der Waals surface area contributed by atoms with Crippen LogP contribution < -0.4 is 10.1 Å². The summed E-state index contributed by atoms with van der Waals surface area (Å²) in [7, 11) is 0. The summed E-state index contributed by atoms with van der Waals surface area (Å²) in [6, 6.07) is 9.57. The number of nitrogens with one attached hydrogen (secondary N) is 1. The number of aromatic nitrogens is 1. The van der Waals surface area contributed by atoms with Crippen molar-refractivity contribution in [1.29, 1.82) is 0 Å². The number of rotatable bonds is 4. The van der Waals surface area contributed by atoms with Gasteiger partial charge in [0.05, 0.1) is 5.56 Å². The van der Waals surface area contributed by atoms with E-state index in [4.69, 9.17) is 4.74 Å². The predicted molar refractivity (Wildman–Crippen MR) is 99.5 cm³/mol. The van der Waals surface area contributed by atoms with Gasteiger partial charge in [-0.15, -0.1) is 0 Å². The van der Waals surface area contributed by atoms with Crippen LogP contribution in [0.15, 0.2) is 42.5 Å². The van der Waals surface area contributed by atoms with Crippen molar-refractivity contribution in [2.45, 2.75) is 32.0 Å². The highest BCUT2D eigenvalue weighted by molar-refractivity contribution is 5.93. The molecule has 0 spiro atoms. The summed E-state index contributed by atoms with van der Waals surface area (Å²) in [5.74, 6) is -0.0928. The van der Waals surface area contributed by atoms with Crippen molar-refractivity contribution in [3.8, 4) is 5.75 Å². The third-order valence-electron chi connectivity index (χ3n) is 4.47. The summed E-state index contributed by atoms with van der Waals surface area (Å²) in [6.45, 7) is 2.15. The zero-order chi connectivity index (χ0) is 21.0. The Kier molecular flexibility index (Phi) is 6.05. The number of benzene rings is 1. The van der Waals surface area contributed by atoms with E-state index in [1.807, 2.05) is 0 Å². The summed E-state index contributed by atoms with van der Waals surface area (Å²) in [4.78, 5) is 29.5. The van der Waals surface area contributed by atoms with Crippen molar-refractivity contribution in [2.75, 3.05) is 18.4 Å². The van der Waals surface area contributed by atoms with Crippen LogP contribution in [-0.4, -0.2) is 40.9 Å². The molecule has 2 amide bonds.